The summed E-state index contributed by atoms with van der Waals surface area (Å²) in [6.45, 7) is 1.05. The number of sulfonamides is 1. The molecule has 0 unspecified atom stereocenters. The van der Waals surface area contributed by atoms with E-state index in [1.807, 2.05) is 6.07 Å². The molecule has 150 valence electrons. The van der Waals surface area contributed by atoms with Gasteiger partial charge in [0.25, 0.3) is 5.91 Å². The number of hydrogen-bond acceptors (Lipinski definition) is 5. The summed E-state index contributed by atoms with van der Waals surface area (Å²) < 4.78 is 38.0. The molecule has 0 aromatic heterocycles. The summed E-state index contributed by atoms with van der Waals surface area (Å²) in [5.41, 5.74) is 0.620. The molecule has 1 amide bonds. The van der Waals surface area contributed by atoms with E-state index in [2.05, 4.69) is 21.2 Å². The Morgan fingerprint density at radius 3 is 2.61 bits per heavy atom. The van der Waals surface area contributed by atoms with Crippen molar-refractivity contribution in [1.29, 1.82) is 0 Å². The highest BCUT2D eigenvalue weighted by molar-refractivity contribution is 9.10. The van der Waals surface area contributed by atoms with Gasteiger partial charge in [0.2, 0.25) is 10.0 Å². The molecule has 0 spiro atoms. The number of morpholine rings is 1. The van der Waals surface area contributed by atoms with E-state index in [4.69, 9.17) is 21.1 Å². The van der Waals surface area contributed by atoms with E-state index in [0.29, 0.717) is 32.0 Å². The van der Waals surface area contributed by atoms with E-state index < -0.39 is 10.0 Å². The molecule has 1 aliphatic heterocycles. The molecule has 2 aromatic rings. The molecule has 1 N–H and O–H groups in total. The molecule has 28 heavy (non-hydrogen) atoms. The van der Waals surface area contributed by atoms with Gasteiger partial charge in [0, 0.05) is 17.6 Å². The number of ether oxygens (including phenoxy) is 2. The Labute approximate surface area is 176 Å². The molecule has 0 atom stereocenters. The summed E-state index contributed by atoms with van der Waals surface area (Å²) in [4.78, 5) is 12.1. The highest BCUT2D eigenvalue weighted by Gasteiger charge is 2.27. The summed E-state index contributed by atoms with van der Waals surface area (Å²) in [5, 5.41) is 2.82. The van der Waals surface area contributed by atoms with Crippen molar-refractivity contribution in [2.75, 3.05) is 38.2 Å². The largest absolute Gasteiger partial charge is 0.482 e. The van der Waals surface area contributed by atoms with Crippen molar-refractivity contribution in [1.82, 2.24) is 4.31 Å². The first-order valence-corrected chi connectivity index (χ1v) is 11.0. The first-order chi connectivity index (χ1) is 13.4. The third-order valence-corrected chi connectivity index (χ3v) is 6.90. The van der Waals surface area contributed by atoms with Gasteiger partial charge in [-0.05, 0) is 46.3 Å². The Morgan fingerprint density at radius 1 is 1.21 bits per heavy atom. The fraction of sp³-hybridized carbons (Fsp3) is 0.278. The van der Waals surface area contributed by atoms with E-state index in [-0.39, 0.29) is 28.2 Å². The van der Waals surface area contributed by atoms with Crippen molar-refractivity contribution in [2.24, 2.45) is 0 Å². The minimum atomic E-state index is -3.65. The molecule has 0 aliphatic carbocycles. The predicted octanol–water partition coefficient (Wildman–Crippen LogP) is 3.14. The lowest BCUT2D eigenvalue weighted by molar-refractivity contribution is -0.118. The van der Waals surface area contributed by atoms with Crippen molar-refractivity contribution in [3.8, 4) is 5.75 Å². The Kier molecular flexibility index (Phi) is 6.95. The number of carbonyl (C=O) groups is 1. The zero-order valence-corrected chi connectivity index (χ0v) is 17.9. The standard InChI is InChI=1S/C18H18BrClN2O5S/c19-14-3-1-2-4-16(14)21-18(23)12-27-17-6-5-13(11-15(17)20)28(24,25)22-7-9-26-10-8-22/h1-6,11H,7-10,12H2,(H,21,23). The topological polar surface area (TPSA) is 84.9 Å². The second-order valence-corrected chi connectivity index (χ2v) is 9.12. The van der Waals surface area contributed by atoms with E-state index in [1.165, 1.54) is 22.5 Å². The first-order valence-electron chi connectivity index (χ1n) is 8.42. The van der Waals surface area contributed by atoms with Crippen molar-refractivity contribution in [2.45, 2.75) is 4.90 Å². The SMILES string of the molecule is O=C(COc1ccc(S(=O)(=O)N2CCOCC2)cc1Cl)Nc1ccccc1Br. The molecular weight excluding hydrogens is 472 g/mol. The van der Waals surface area contributed by atoms with Gasteiger partial charge in [-0.1, -0.05) is 23.7 Å². The molecule has 2 aromatic carbocycles. The fourth-order valence-corrected chi connectivity index (χ4v) is 4.71. The number of anilines is 1. The third kappa shape index (κ3) is 5.03. The van der Waals surface area contributed by atoms with Gasteiger partial charge in [0.05, 0.1) is 28.8 Å². The van der Waals surface area contributed by atoms with Gasteiger partial charge in [-0.3, -0.25) is 4.79 Å². The smallest absolute Gasteiger partial charge is 0.262 e. The van der Waals surface area contributed by atoms with Crippen LogP contribution in [0, 0.1) is 0 Å². The van der Waals surface area contributed by atoms with Crippen molar-refractivity contribution in [3.05, 3.63) is 52.0 Å². The molecule has 1 heterocycles. The molecule has 10 heteroatoms. The van der Waals surface area contributed by atoms with Crippen LogP contribution in [0.3, 0.4) is 0 Å². The van der Waals surface area contributed by atoms with Crippen LogP contribution >= 0.6 is 27.5 Å². The minimum Gasteiger partial charge on any atom is -0.482 e. The molecule has 0 saturated carbocycles. The Hall–Kier alpha value is -1.65. The van der Waals surface area contributed by atoms with Crippen molar-refractivity contribution < 1.29 is 22.7 Å². The Bertz CT molecular complexity index is 964. The fourth-order valence-electron chi connectivity index (χ4n) is 2.59. The van der Waals surface area contributed by atoms with Crippen LogP contribution in [0.1, 0.15) is 0 Å². The molecule has 0 bridgehead atoms. The first kappa shape index (κ1) is 21.1. The number of carbonyl (C=O) groups excluding carboxylic acids is 1. The Balaban J connectivity index is 1.64. The molecule has 1 saturated heterocycles. The van der Waals surface area contributed by atoms with Crippen LogP contribution in [0.4, 0.5) is 5.69 Å². The maximum Gasteiger partial charge on any atom is 0.262 e. The normalized spacial score (nSPS) is 15.2. The number of nitrogens with zero attached hydrogens (tertiary/aromatic N) is 1. The molecule has 0 radical (unpaired) electrons. The van der Waals surface area contributed by atoms with Crippen LogP contribution in [-0.4, -0.2) is 51.5 Å². The zero-order chi connectivity index (χ0) is 20.1. The summed E-state index contributed by atoms with van der Waals surface area (Å²) in [5.74, 6) is -0.141. The monoisotopic (exact) mass is 488 g/mol. The minimum absolute atomic E-state index is 0.0735. The van der Waals surface area contributed by atoms with Crippen LogP contribution in [0.15, 0.2) is 51.8 Å². The van der Waals surface area contributed by atoms with Gasteiger partial charge in [0.1, 0.15) is 5.75 Å². The molecule has 1 aliphatic rings. The maximum atomic E-state index is 12.7. The van der Waals surface area contributed by atoms with Crippen molar-refractivity contribution in [3.63, 3.8) is 0 Å². The number of rotatable bonds is 6. The van der Waals surface area contributed by atoms with E-state index in [0.717, 1.165) is 4.47 Å². The van der Waals surface area contributed by atoms with Gasteiger partial charge in [0.15, 0.2) is 6.61 Å². The lowest BCUT2D eigenvalue weighted by atomic mass is 10.3. The molecular formula is C18H18BrClN2O5S. The quantitative estimate of drug-likeness (QED) is 0.674. The number of nitrogens with one attached hydrogen (secondary N) is 1. The van der Waals surface area contributed by atoms with Crippen LogP contribution in [0.2, 0.25) is 5.02 Å². The molecule has 3 rings (SSSR count). The molecule has 1 fully saturated rings. The highest BCUT2D eigenvalue weighted by Crippen LogP contribution is 2.29. The average molecular weight is 490 g/mol. The van der Waals surface area contributed by atoms with E-state index in [1.54, 1.807) is 18.2 Å². The summed E-state index contributed by atoms with van der Waals surface area (Å²) in [7, 11) is -3.65. The summed E-state index contributed by atoms with van der Waals surface area (Å²) in [6, 6.07) is 11.4. The van der Waals surface area contributed by atoms with Crippen LogP contribution in [0.5, 0.6) is 5.75 Å². The van der Waals surface area contributed by atoms with E-state index in [9.17, 15) is 13.2 Å². The summed E-state index contributed by atoms with van der Waals surface area (Å²) in [6.07, 6.45) is 0. The second kappa shape index (κ2) is 9.23. The predicted molar refractivity (Wildman–Crippen MR) is 109 cm³/mol. The third-order valence-electron chi connectivity index (χ3n) is 4.02. The number of benzene rings is 2. The van der Waals surface area contributed by atoms with Crippen LogP contribution in [-0.2, 0) is 19.6 Å². The van der Waals surface area contributed by atoms with Crippen LogP contribution in [0.25, 0.3) is 0 Å². The Morgan fingerprint density at radius 2 is 1.93 bits per heavy atom. The van der Waals surface area contributed by atoms with Gasteiger partial charge in [-0.15, -0.1) is 0 Å². The van der Waals surface area contributed by atoms with Gasteiger partial charge >= 0.3 is 0 Å². The summed E-state index contributed by atoms with van der Waals surface area (Å²) >= 11 is 9.52. The number of hydrogen-bond donors (Lipinski definition) is 1. The second-order valence-electron chi connectivity index (χ2n) is 5.93. The zero-order valence-electron chi connectivity index (χ0n) is 14.7. The maximum absolute atomic E-state index is 12.7. The van der Waals surface area contributed by atoms with Crippen LogP contribution < -0.4 is 10.1 Å². The van der Waals surface area contributed by atoms with Gasteiger partial charge in [-0.2, -0.15) is 4.31 Å². The van der Waals surface area contributed by atoms with E-state index >= 15 is 0 Å². The number of amides is 1. The number of para-hydroxylation sites is 1. The lowest BCUT2D eigenvalue weighted by Gasteiger charge is -2.26. The van der Waals surface area contributed by atoms with Crippen molar-refractivity contribution >= 4 is 49.1 Å². The highest BCUT2D eigenvalue weighted by atomic mass is 79.9. The molecule has 7 nitrogen and oxygen atoms in total. The number of halogens is 2. The average Bonchev–Trinajstić information content (AvgIpc) is 2.69. The van der Waals surface area contributed by atoms with Gasteiger partial charge in [-0.25, -0.2) is 8.42 Å². The van der Waals surface area contributed by atoms with Gasteiger partial charge < -0.3 is 14.8 Å². The lowest BCUT2D eigenvalue weighted by Crippen LogP contribution is -2.40.